The second-order valence-corrected chi connectivity index (χ2v) is 6.98. The highest BCUT2D eigenvalue weighted by Gasteiger charge is 2.28. The van der Waals surface area contributed by atoms with E-state index < -0.39 is 11.0 Å². The van der Waals surface area contributed by atoms with Gasteiger partial charge in [0.15, 0.2) is 0 Å². The first-order chi connectivity index (χ1) is 11.6. The van der Waals surface area contributed by atoms with Gasteiger partial charge in [-0.15, -0.1) is 0 Å². The molecule has 0 amide bonds. The van der Waals surface area contributed by atoms with E-state index in [2.05, 4.69) is 14.9 Å². The van der Waals surface area contributed by atoms with Crippen molar-refractivity contribution in [2.45, 2.75) is 50.8 Å². The van der Waals surface area contributed by atoms with Crippen LogP contribution in [0.5, 0.6) is 0 Å². The zero-order valence-corrected chi connectivity index (χ0v) is 14.1. The molecule has 3 heterocycles. The Morgan fingerprint density at radius 3 is 2.75 bits per heavy atom. The average molecular weight is 337 g/mol. The van der Waals surface area contributed by atoms with Crippen LogP contribution in [0.4, 0.5) is 5.69 Å². The molecule has 24 heavy (non-hydrogen) atoms. The molecule has 0 spiro atoms. The predicted octanol–water partition coefficient (Wildman–Crippen LogP) is 1.10. The van der Waals surface area contributed by atoms with Gasteiger partial charge in [0.2, 0.25) is 0 Å². The zero-order valence-electron chi connectivity index (χ0n) is 14.1. The van der Waals surface area contributed by atoms with Crippen LogP contribution < -0.4 is 0 Å². The Balaban J connectivity index is 1.48. The summed E-state index contributed by atoms with van der Waals surface area (Å²) in [6.07, 6.45) is 8.35. The Morgan fingerprint density at radius 1 is 1.25 bits per heavy atom. The van der Waals surface area contributed by atoms with Gasteiger partial charge in [-0.2, -0.15) is 5.10 Å². The van der Waals surface area contributed by atoms with Crippen LogP contribution in [0.15, 0.2) is 12.4 Å². The van der Waals surface area contributed by atoms with E-state index in [-0.39, 0.29) is 5.69 Å². The summed E-state index contributed by atoms with van der Waals surface area (Å²) in [6, 6.07) is 0.518. The molecule has 2 saturated heterocycles. The van der Waals surface area contributed by atoms with Gasteiger partial charge in [0.25, 0.3) is 0 Å². The molecule has 0 radical (unpaired) electrons. The minimum atomic E-state index is -0.563. The molecule has 8 nitrogen and oxygen atoms in total. The van der Waals surface area contributed by atoms with Crippen molar-refractivity contribution in [3.05, 3.63) is 22.5 Å². The van der Waals surface area contributed by atoms with Crippen molar-refractivity contribution in [3.63, 3.8) is 0 Å². The molecule has 2 atom stereocenters. The number of nitrogens with zero attached hydrogens (tertiary/aromatic N) is 5. The largest absolute Gasteiger partial charge is 0.390 e. The standard InChI is InChI=1S/C16H27N5O3/c22-16(13-20-11-15(9-17-20)21(23)24)12-19-8-4-5-14(19)10-18-6-2-1-3-7-18/h9,11,14,16,22H,1-8,10,12-13H2. The van der Waals surface area contributed by atoms with E-state index in [1.807, 2.05) is 0 Å². The van der Waals surface area contributed by atoms with E-state index in [4.69, 9.17) is 0 Å². The Bertz CT molecular complexity index is 544. The lowest BCUT2D eigenvalue weighted by Gasteiger charge is -2.33. The summed E-state index contributed by atoms with van der Waals surface area (Å²) in [6.45, 7) is 5.41. The topological polar surface area (TPSA) is 87.7 Å². The number of hydrogen-bond acceptors (Lipinski definition) is 6. The van der Waals surface area contributed by atoms with Crippen molar-refractivity contribution in [3.8, 4) is 0 Å². The molecule has 1 aromatic heterocycles. The first-order valence-corrected chi connectivity index (χ1v) is 8.93. The molecule has 2 fully saturated rings. The van der Waals surface area contributed by atoms with Crippen molar-refractivity contribution in [1.29, 1.82) is 0 Å². The van der Waals surface area contributed by atoms with Crippen molar-refractivity contribution >= 4 is 5.69 Å². The smallest absolute Gasteiger partial charge is 0.306 e. The van der Waals surface area contributed by atoms with Gasteiger partial charge in [0.1, 0.15) is 12.4 Å². The van der Waals surface area contributed by atoms with Crippen LogP contribution in [0.25, 0.3) is 0 Å². The van der Waals surface area contributed by atoms with E-state index in [9.17, 15) is 15.2 Å². The second kappa shape index (κ2) is 8.04. The number of hydrogen-bond donors (Lipinski definition) is 1. The first-order valence-electron chi connectivity index (χ1n) is 8.93. The minimum absolute atomic E-state index is 0.0358. The molecule has 3 rings (SSSR count). The summed E-state index contributed by atoms with van der Waals surface area (Å²) in [4.78, 5) is 15.1. The quantitative estimate of drug-likeness (QED) is 0.592. The van der Waals surface area contributed by atoms with Crippen LogP contribution in [0.1, 0.15) is 32.1 Å². The normalized spacial score (nSPS) is 24.3. The minimum Gasteiger partial charge on any atom is -0.390 e. The number of aliphatic hydroxyl groups is 1. The molecular weight excluding hydrogens is 310 g/mol. The summed E-state index contributed by atoms with van der Waals surface area (Å²) in [7, 11) is 0. The molecule has 0 saturated carbocycles. The van der Waals surface area contributed by atoms with E-state index in [0.717, 1.165) is 13.1 Å². The lowest BCUT2D eigenvalue weighted by Crippen LogP contribution is -2.45. The lowest BCUT2D eigenvalue weighted by atomic mass is 10.1. The number of likely N-dealkylation sites (tertiary alicyclic amines) is 2. The zero-order chi connectivity index (χ0) is 16.9. The van der Waals surface area contributed by atoms with E-state index >= 15 is 0 Å². The van der Waals surface area contributed by atoms with Crippen molar-refractivity contribution < 1.29 is 10.0 Å². The van der Waals surface area contributed by atoms with Crippen LogP contribution in [0, 0.1) is 10.1 Å². The maximum Gasteiger partial charge on any atom is 0.306 e. The Morgan fingerprint density at radius 2 is 2.04 bits per heavy atom. The molecule has 2 aliphatic heterocycles. The van der Waals surface area contributed by atoms with Crippen molar-refractivity contribution in [2.24, 2.45) is 0 Å². The van der Waals surface area contributed by atoms with E-state index in [1.54, 1.807) is 0 Å². The molecular formula is C16H27N5O3. The van der Waals surface area contributed by atoms with Crippen LogP contribution in [-0.4, -0.2) is 74.5 Å². The van der Waals surface area contributed by atoms with Crippen LogP contribution >= 0.6 is 0 Å². The van der Waals surface area contributed by atoms with Crippen molar-refractivity contribution in [1.82, 2.24) is 19.6 Å². The molecule has 1 aromatic rings. The average Bonchev–Trinajstić information content (AvgIpc) is 3.18. The van der Waals surface area contributed by atoms with Gasteiger partial charge in [-0.3, -0.25) is 19.7 Å². The number of piperidine rings is 1. The third-order valence-electron chi connectivity index (χ3n) is 5.09. The highest BCUT2D eigenvalue weighted by atomic mass is 16.6. The molecule has 2 aliphatic rings. The van der Waals surface area contributed by atoms with Crippen LogP contribution in [0.2, 0.25) is 0 Å². The summed E-state index contributed by atoms with van der Waals surface area (Å²) < 4.78 is 1.46. The Hall–Kier alpha value is -1.51. The first kappa shape index (κ1) is 17.3. The monoisotopic (exact) mass is 337 g/mol. The predicted molar refractivity (Wildman–Crippen MR) is 89.8 cm³/mol. The fraction of sp³-hybridized carbons (Fsp3) is 0.812. The van der Waals surface area contributed by atoms with E-state index in [0.29, 0.717) is 19.1 Å². The van der Waals surface area contributed by atoms with Gasteiger partial charge < -0.3 is 10.0 Å². The molecule has 0 bridgehead atoms. The maximum absolute atomic E-state index is 10.7. The lowest BCUT2D eigenvalue weighted by molar-refractivity contribution is -0.385. The van der Waals surface area contributed by atoms with Crippen LogP contribution in [0.3, 0.4) is 0 Å². The summed E-state index contributed by atoms with van der Waals surface area (Å²) in [5.41, 5.74) is -0.0358. The number of aromatic nitrogens is 2. The fourth-order valence-electron chi connectivity index (χ4n) is 3.87. The maximum atomic E-state index is 10.7. The SMILES string of the molecule is O=[N+]([O-])c1cnn(CC(O)CN2CCCC2CN2CCCCC2)c1. The summed E-state index contributed by atoms with van der Waals surface area (Å²) in [5.74, 6) is 0. The van der Waals surface area contributed by atoms with Gasteiger partial charge >= 0.3 is 5.69 Å². The van der Waals surface area contributed by atoms with Crippen LogP contribution in [-0.2, 0) is 6.54 Å². The van der Waals surface area contributed by atoms with Gasteiger partial charge in [0.05, 0.1) is 17.6 Å². The number of aliphatic hydroxyl groups excluding tert-OH is 1. The molecule has 0 aliphatic carbocycles. The van der Waals surface area contributed by atoms with Gasteiger partial charge in [-0.1, -0.05) is 6.42 Å². The van der Waals surface area contributed by atoms with Gasteiger partial charge in [-0.05, 0) is 45.3 Å². The second-order valence-electron chi connectivity index (χ2n) is 6.98. The van der Waals surface area contributed by atoms with E-state index in [1.165, 1.54) is 62.3 Å². The van der Waals surface area contributed by atoms with Gasteiger partial charge in [-0.25, -0.2) is 0 Å². The Labute approximate surface area is 142 Å². The number of β-amino-alcohol motifs (C(OH)–C–C–N with tert-alkyl or cyclic N) is 1. The highest BCUT2D eigenvalue weighted by Crippen LogP contribution is 2.20. The molecule has 134 valence electrons. The van der Waals surface area contributed by atoms with Crippen molar-refractivity contribution in [2.75, 3.05) is 32.7 Å². The number of nitro groups is 1. The molecule has 1 N–H and O–H groups in total. The summed E-state index contributed by atoms with van der Waals surface area (Å²) in [5, 5.41) is 25.0. The fourth-order valence-corrected chi connectivity index (χ4v) is 3.87. The van der Waals surface area contributed by atoms with Gasteiger partial charge in [0, 0.05) is 19.1 Å². The molecule has 0 aromatic carbocycles. The third kappa shape index (κ3) is 4.52. The Kier molecular flexibility index (Phi) is 5.80. The highest BCUT2D eigenvalue weighted by molar-refractivity contribution is 5.20. The number of rotatable bonds is 7. The molecule has 8 heteroatoms. The third-order valence-corrected chi connectivity index (χ3v) is 5.09. The molecule has 2 unspecified atom stereocenters. The summed E-state index contributed by atoms with van der Waals surface area (Å²) >= 11 is 0.